The van der Waals surface area contributed by atoms with Gasteiger partial charge in [0.05, 0.1) is 32.0 Å². The molecule has 9 heteroatoms. The second-order valence-electron chi connectivity index (χ2n) is 7.10. The molecule has 152 valence electrons. The van der Waals surface area contributed by atoms with Gasteiger partial charge < -0.3 is 19.3 Å². The molecule has 1 aromatic heterocycles. The van der Waals surface area contributed by atoms with E-state index in [0.29, 0.717) is 37.8 Å². The van der Waals surface area contributed by atoms with Crippen LogP contribution >= 0.6 is 15.9 Å². The van der Waals surface area contributed by atoms with Gasteiger partial charge in [-0.25, -0.2) is 0 Å². The summed E-state index contributed by atoms with van der Waals surface area (Å²) >= 11 is 3.43. The summed E-state index contributed by atoms with van der Waals surface area (Å²) in [6, 6.07) is 7.56. The van der Waals surface area contributed by atoms with E-state index in [4.69, 9.17) is 9.47 Å². The highest BCUT2D eigenvalue weighted by Crippen LogP contribution is 2.29. The number of amides is 2. The quantitative estimate of drug-likeness (QED) is 0.680. The highest BCUT2D eigenvalue weighted by molar-refractivity contribution is 9.10. The SMILES string of the molecule is COc1cncc(OC2CCN(C(=O)C3CC(=O)N(c4cccc(Br)c4)C3)C2)n1. The maximum absolute atomic E-state index is 13.0. The maximum atomic E-state index is 13.0. The molecular formula is C20H21BrN4O4. The maximum Gasteiger partial charge on any atom is 0.235 e. The molecule has 2 amide bonds. The predicted molar refractivity (Wildman–Crippen MR) is 109 cm³/mol. The van der Waals surface area contributed by atoms with Gasteiger partial charge in [-0.3, -0.25) is 14.6 Å². The Balaban J connectivity index is 1.36. The first-order valence-corrected chi connectivity index (χ1v) is 10.2. The number of hydrogen-bond acceptors (Lipinski definition) is 6. The van der Waals surface area contributed by atoms with Crippen LogP contribution in [0.4, 0.5) is 5.69 Å². The third-order valence-electron chi connectivity index (χ3n) is 5.14. The number of nitrogens with zero attached hydrogens (tertiary/aromatic N) is 4. The summed E-state index contributed by atoms with van der Waals surface area (Å²) in [4.78, 5) is 37.1. The Labute approximate surface area is 177 Å². The number of anilines is 1. The molecule has 3 heterocycles. The lowest BCUT2D eigenvalue weighted by molar-refractivity contribution is -0.135. The van der Waals surface area contributed by atoms with Crippen LogP contribution < -0.4 is 14.4 Å². The first kappa shape index (κ1) is 19.6. The molecule has 29 heavy (non-hydrogen) atoms. The second-order valence-corrected chi connectivity index (χ2v) is 8.01. The van der Waals surface area contributed by atoms with Crippen LogP contribution in [0.3, 0.4) is 0 Å². The molecule has 0 radical (unpaired) electrons. The van der Waals surface area contributed by atoms with E-state index < -0.39 is 0 Å². The van der Waals surface area contributed by atoms with Crippen LogP contribution in [0.25, 0.3) is 0 Å². The number of halogens is 1. The molecule has 0 aliphatic carbocycles. The highest BCUT2D eigenvalue weighted by atomic mass is 79.9. The van der Waals surface area contributed by atoms with Gasteiger partial charge >= 0.3 is 0 Å². The van der Waals surface area contributed by atoms with Crippen molar-refractivity contribution in [2.45, 2.75) is 18.9 Å². The molecule has 2 atom stereocenters. The summed E-state index contributed by atoms with van der Waals surface area (Å²) in [6.07, 6.45) is 3.82. The zero-order valence-corrected chi connectivity index (χ0v) is 17.5. The molecule has 2 aromatic rings. The lowest BCUT2D eigenvalue weighted by atomic mass is 10.1. The average Bonchev–Trinajstić information content (AvgIpc) is 3.34. The molecule has 2 saturated heterocycles. The van der Waals surface area contributed by atoms with Crippen LogP contribution in [0.2, 0.25) is 0 Å². The number of benzene rings is 1. The van der Waals surface area contributed by atoms with Gasteiger partial charge in [0, 0.05) is 36.1 Å². The fourth-order valence-corrected chi connectivity index (χ4v) is 4.09. The van der Waals surface area contributed by atoms with Crippen molar-refractivity contribution in [3.63, 3.8) is 0 Å². The van der Waals surface area contributed by atoms with Crippen LogP contribution in [0.15, 0.2) is 41.1 Å². The standard InChI is InChI=1S/C20H21BrN4O4/c1-28-17-9-22-10-18(23-17)29-16-5-6-24(12-16)20(27)13-7-19(26)25(11-13)15-4-2-3-14(21)8-15/h2-4,8-10,13,16H,5-7,11-12H2,1H3. The Bertz CT molecular complexity index is 925. The average molecular weight is 461 g/mol. The molecule has 2 aliphatic rings. The van der Waals surface area contributed by atoms with E-state index in [1.807, 2.05) is 24.3 Å². The number of carbonyl (C=O) groups is 2. The number of carbonyl (C=O) groups excluding carboxylic acids is 2. The van der Waals surface area contributed by atoms with E-state index >= 15 is 0 Å². The van der Waals surface area contributed by atoms with Gasteiger partial charge in [0.25, 0.3) is 0 Å². The van der Waals surface area contributed by atoms with Crippen molar-refractivity contribution in [1.82, 2.24) is 14.9 Å². The number of aromatic nitrogens is 2. The Morgan fingerprint density at radius 3 is 2.86 bits per heavy atom. The van der Waals surface area contributed by atoms with Crippen LogP contribution in [0.1, 0.15) is 12.8 Å². The Morgan fingerprint density at radius 2 is 2.07 bits per heavy atom. The molecule has 0 spiro atoms. The van der Waals surface area contributed by atoms with E-state index in [1.165, 1.54) is 19.5 Å². The smallest absolute Gasteiger partial charge is 0.235 e. The van der Waals surface area contributed by atoms with Crippen LogP contribution in [0, 0.1) is 5.92 Å². The van der Waals surface area contributed by atoms with Crippen molar-refractivity contribution in [3.05, 3.63) is 41.1 Å². The lowest BCUT2D eigenvalue weighted by Crippen LogP contribution is -2.37. The summed E-state index contributed by atoms with van der Waals surface area (Å²) in [7, 11) is 1.52. The number of ether oxygens (including phenoxy) is 2. The van der Waals surface area contributed by atoms with Gasteiger partial charge in [0.1, 0.15) is 6.10 Å². The van der Waals surface area contributed by atoms with Gasteiger partial charge in [-0.05, 0) is 18.2 Å². The minimum atomic E-state index is -0.336. The molecule has 2 unspecified atom stereocenters. The number of rotatable bonds is 5. The topological polar surface area (TPSA) is 84.9 Å². The molecule has 8 nitrogen and oxygen atoms in total. The third-order valence-corrected chi connectivity index (χ3v) is 5.63. The second kappa shape index (κ2) is 8.36. The molecule has 2 aliphatic heterocycles. The highest BCUT2D eigenvalue weighted by Gasteiger charge is 2.39. The lowest BCUT2D eigenvalue weighted by Gasteiger charge is -2.21. The van der Waals surface area contributed by atoms with Crippen LogP contribution in [-0.4, -0.2) is 59.5 Å². The first-order valence-electron chi connectivity index (χ1n) is 9.41. The minimum absolute atomic E-state index is 0.00123. The van der Waals surface area contributed by atoms with Gasteiger partial charge in [0.15, 0.2) is 0 Å². The van der Waals surface area contributed by atoms with Crippen molar-refractivity contribution in [2.75, 3.05) is 31.6 Å². The van der Waals surface area contributed by atoms with E-state index in [0.717, 1.165) is 10.2 Å². The zero-order valence-electron chi connectivity index (χ0n) is 16.0. The van der Waals surface area contributed by atoms with E-state index in [-0.39, 0.29) is 30.3 Å². The van der Waals surface area contributed by atoms with Crippen molar-refractivity contribution in [2.24, 2.45) is 5.92 Å². The summed E-state index contributed by atoms with van der Waals surface area (Å²) in [6.45, 7) is 1.47. The van der Waals surface area contributed by atoms with Crippen molar-refractivity contribution in [3.8, 4) is 11.8 Å². The summed E-state index contributed by atoms with van der Waals surface area (Å²) in [5.74, 6) is 0.390. The monoisotopic (exact) mass is 460 g/mol. The van der Waals surface area contributed by atoms with E-state index in [9.17, 15) is 9.59 Å². The Kier molecular flexibility index (Phi) is 5.66. The largest absolute Gasteiger partial charge is 0.480 e. The molecule has 2 fully saturated rings. The molecule has 0 saturated carbocycles. The van der Waals surface area contributed by atoms with Gasteiger partial charge in [-0.1, -0.05) is 22.0 Å². The molecular weight excluding hydrogens is 440 g/mol. The Morgan fingerprint density at radius 1 is 1.24 bits per heavy atom. The van der Waals surface area contributed by atoms with E-state index in [1.54, 1.807) is 9.80 Å². The number of hydrogen-bond donors (Lipinski definition) is 0. The van der Waals surface area contributed by atoms with Gasteiger partial charge in [-0.2, -0.15) is 4.98 Å². The van der Waals surface area contributed by atoms with Crippen molar-refractivity contribution in [1.29, 1.82) is 0 Å². The summed E-state index contributed by atoms with van der Waals surface area (Å²) in [5, 5.41) is 0. The fraction of sp³-hybridized carbons (Fsp3) is 0.400. The number of likely N-dealkylation sites (tertiary alicyclic amines) is 1. The summed E-state index contributed by atoms with van der Waals surface area (Å²) in [5.41, 5.74) is 0.805. The van der Waals surface area contributed by atoms with Gasteiger partial charge in [-0.15, -0.1) is 0 Å². The molecule has 0 N–H and O–H groups in total. The fourth-order valence-electron chi connectivity index (χ4n) is 3.71. The molecule has 4 rings (SSSR count). The molecule has 0 bridgehead atoms. The van der Waals surface area contributed by atoms with Crippen LogP contribution in [-0.2, 0) is 9.59 Å². The predicted octanol–water partition coefficient (Wildman–Crippen LogP) is 2.28. The van der Waals surface area contributed by atoms with Crippen molar-refractivity contribution < 1.29 is 19.1 Å². The normalized spacial score (nSPS) is 21.5. The molecule has 1 aromatic carbocycles. The first-order chi connectivity index (χ1) is 14.0. The minimum Gasteiger partial charge on any atom is -0.480 e. The Hall–Kier alpha value is -2.68. The van der Waals surface area contributed by atoms with Gasteiger partial charge in [0.2, 0.25) is 23.6 Å². The third kappa shape index (κ3) is 4.34. The van der Waals surface area contributed by atoms with E-state index in [2.05, 4.69) is 25.9 Å². The number of methoxy groups -OCH3 is 1. The zero-order chi connectivity index (χ0) is 20.4. The van der Waals surface area contributed by atoms with Crippen molar-refractivity contribution >= 4 is 33.4 Å². The van der Waals surface area contributed by atoms with Crippen LogP contribution in [0.5, 0.6) is 11.8 Å². The summed E-state index contributed by atoms with van der Waals surface area (Å²) < 4.78 is 11.8.